The van der Waals surface area contributed by atoms with Crippen molar-refractivity contribution in [3.05, 3.63) is 35.4 Å². The van der Waals surface area contributed by atoms with Crippen molar-refractivity contribution in [1.82, 2.24) is 5.32 Å². The van der Waals surface area contributed by atoms with E-state index in [9.17, 15) is 9.59 Å². The monoisotopic (exact) mass is 263 g/mol. The van der Waals surface area contributed by atoms with E-state index in [0.717, 1.165) is 6.42 Å². The maximum absolute atomic E-state index is 11.5. The third kappa shape index (κ3) is 6.60. The highest BCUT2D eigenvalue weighted by Gasteiger charge is 2.03. The quantitative estimate of drug-likeness (QED) is 0.707. The van der Waals surface area contributed by atoms with Crippen LogP contribution in [0.1, 0.15) is 36.8 Å². The van der Waals surface area contributed by atoms with E-state index in [2.05, 4.69) is 24.4 Å². The molecule has 4 heteroatoms. The van der Waals surface area contributed by atoms with Gasteiger partial charge in [0.15, 0.2) is 0 Å². The van der Waals surface area contributed by atoms with Crippen LogP contribution in [-0.2, 0) is 16.0 Å². The van der Waals surface area contributed by atoms with Gasteiger partial charge in [0, 0.05) is 19.4 Å². The number of benzene rings is 1. The molecule has 0 radical (unpaired) electrons. The second-order valence-electron chi connectivity index (χ2n) is 4.63. The van der Waals surface area contributed by atoms with Gasteiger partial charge in [0.1, 0.15) is 0 Å². The number of aryl methyl sites for hydroxylation is 1. The lowest BCUT2D eigenvalue weighted by Crippen LogP contribution is -2.25. The third-order valence-electron chi connectivity index (χ3n) is 3.02. The second kappa shape index (κ2) is 8.29. The van der Waals surface area contributed by atoms with Gasteiger partial charge in [-0.15, -0.1) is 0 Å². The summed E-state index contributed by atoms with van der Waals surface area (Å²) in [5.41, 5.74) is 2.48. The largest absolute Gasteiger partial charge is 0.481 e. The number of nitrogens with one attached hydrogen (secondary N) is 1. The van der Waals surface area contributed by atoms with Gasteiger partial charge in [-0.1, -0.05) is 24.3 Å². The summed E-state index contributed by atoms with van der Waals surface area (Å²) in [6, 6.07) is 8.12. The molecule has 0 aliphatic heterocycles. The third-order valence-corrected chi connectivity index (χ3v) is 3.02. The van der Waals surface area contributed by atoms with Crippen molar-refractivity contribution in [3.8, 4) is 0 Å². The first-order chi connectivity index (χ1) is 9.09. The maximum atomic E-state index is 11.5. The van der Waals surface area contributed by atoms with Crippen molar-refractivity contribution < 1.29 is 14.7 Å². The molecule has 0 bridgehead atoms. The minimum absolute atomic E-state index is 0.000951. The standard InChI is InChI=1S/C15H21NO3/c1-12-6-2-3-7-13(12)10-11-16-14(17)8-4-5-9-15(18)19/h2-3,6-7H,4-5,8-11H2,1H3,(H,16,17)(H,18,19). The minimum atomic E-state index is -0.806. The van der Waals surface area contributed by atoms with E-state index in [-0.39, 0.29) is 12.3 Å². The maximum Gasteiger partial charge on any atom is 0.303 e. The topological polar surface area (TPSA) is 66.4 Å². The number of hydrogen-bond acceptors (Lipinski definition) is 2. The van der Waals surface area contributed by atoms with Gasteiger partial charge < -0.3 is 10.4 Å². The Hall–Kier alpha value is -1.84. The lowest BCUT2D eigenvalue weighted by atomic mass is 10.1. The highest BCUT2D eigenvalue weighted by molar-refractivity contribution is 5.75. The molecule has 19 heavy (non-hydrogen) atoms. The Bertz CT molecular complexity index is 429. The molecule has 0 atom stereocenters. The van der Waals surface area contributed by atoms with Crippen LogP contribution in [0.3, 0.4) is 0 Å². The molecule has 1 amide bonds. The summed E-state index contributed by atoms with van der Waals surface area (Å²) in [4.78, 5) is 21.8. The fraction of sp³-hybridized carbons (Fsp3) is 0.467. The summed E-state index contributed by atoms with van der Waals surface area (Å²) in [6.07, 6.45) is 2.55. The minimum Gasteiger partial charge on any atom is -0.481 e. The normalized spacial score (nSPS) is 10.2. The molecule has 0 spiro atoms. The second-order valence-corrected chi connectivity index (χ2v) is 4.63. The van der Waals surface area contributed by atoms with Gasteiger partial charge in [0.25, 0.3) is 0 Å². The summed E-state index contributed by atoms with van der Waals surface area (Å²) in [6.45, 7) is 2.69. The van der Waals surface area contributed by atoms with E-state index in [4.69, 9.17) is 5.11 Å². The molecule has 1 rings (SSSR count). The Kier molecular flexibility index (Phi) is 6.64. The molecule has 0 unspecified atom stereocenters. The Morgan fingerprint density at radius 2 is 1.84 bits per heavy atom. The van der Waals surface area contributed by atoms with E-state index in [0.29, 0.717) is 25.8 Å². The molecule has 0 aliphatic rings. The molecule has 0 aliphatic carbocycles. The average molecular weight is 263 g/mol. The zero-order chi connectivity index (χ0) is 14.1. The Morgan fingerprint density at radius 1 is 1.16 bits per heavy atom. The number of amides is 1. The number of carboxylic acid groups (broad SMARTS) is 1. The Labute approximate surface area is 113 Å². The lowest BCUT2D eigenvalue weighted by Gasteiger charge is -2.07. The first-order valence-corrected chi connectivity index (χ1v) is 6.62. The van der Waals surface area contributed by atoms with Gasteiger partial charge >= 0.3 is 5.97 Å². The van der Waals surface area contributed by atoms with Crippen molar-refractivity contribution in [2.75, 3.05) is 6.54 Å². The van der Waals surface area contributed by atoms with E-state index in [1.807, 2.05) is 12.1 Å². The Morgan fingerprint density at radius 3 is 2.53 bits per heavy atom. The first kappa shape index (κ1) is 15.2. The van der Waals surface area contributed by atoms with E-state index < -0.39 is 5.97 Å². The van der Waals surface area contributed by atoms with Crippen molar-refractivity contribution in [2.24, 2.45) is 0 Å². The van der Waals surface area contributed by atoms with Crippen LogP contribution in [0.2, 0.25) is 0 Å². The molecular formula is C15H21NO3. The Balaban J connectivity index is 2.14. The highest BCUT2D eigenvalue weighted by Crippen LogP contribution is 2.07. The molecule has 104 valence electrons. The van der Waals surface area contributed by atoms with Crippen molar-refractivity contribution in [3.63, 3.8) is 0 Å². The van der Waals surface area contributed by atoms with E-state index in [1.54, 1.807) is 0 Å². The summed E-state index contributed by atoms with van der Waals surface area (Å²) in [5.74, 6) is -0.807. The number of hydrogen-bond donors (Lipinski definition) is 2. The van der Waals surface area contributed by atoms with E-state index >= 15 is 0 Å². The predicted molar refractivity (Wildman–Crippen MR) is 74.0 cm³/mol. The van der Waals surface area contributed by atoms with Gasteiger partial charge in [-0.05, 0) is 37.3 Å². The van der Waals surface area contributed by atoms with Crippen LogP contribution in [0.25, 0.3) is 0 Å². The van der Waals surface area contributed by atoms with Crippen LogP contribution in [0.15, 0.2) is 24.3 Å². The SMILES string of the molecule is Cc1ccccc1CCNC(=O)CCCCC(=O)O. The molecule has 0 saturated heterocycles. The summed E-state index contributed by atoms with van der Waals surface area (Å²) in [5, 5.41) is 11.3. The van der Waals surface area contributed by atoms with Crippen LogP contribution in [0, 0.1) is 6.92 Å². The summed E-state index contributed by atoms with van der Waals surface area (Å²) in [7, 11) is 0. The van der Waals surface area contributed by atoms with Gasteiger partial charge in [0.05, 0.1) is 0 Å². The van der Waals surface area contributed by atoms with E-state index in [1.165, 1.54) is 11.1 Å². The smallest absolute Gasteiger partial charge is 0.303 e. The molecule has 0 fully saturated rings. The summed E-state index contributed by atoms with van der Waals surface area (Å²) >= 11 is 0. The van der Waals surface area contributed by atoms with Crippen molar-refractivity contribution in [1.29, 1.82) is 0 Å². The number of carbonyl (C=O) groups is 2. The summed E-state index contributed by atoms with van der Waals surface area (Å²) < 4.78 is 0. The fourth-order valence-electron chi connectivity index (χ4n) is 1.88. The fourth-order valence-corrected chi connectivity index (χ4v) is 1.88. The molecule has 4 nitrogen and oxygen atoms in total. The highest BCUT2D eigenvalue weighted by atomic mass is 16.4. The first-order valence-electron chi connectivity index (χ1n) is 6.62. The lowest BCUT2D eigenvalue weighted by molar-refractivity contribution is -0.137. The van der Waals surface area contributed by atoms with Gasteiger partial charge in [-0.2, -0.15) is 0 Å². The number of carboxylic acids is 1. The number of carbonyl (C=O) groups excluding carboxylic acids is 1. The van der Waals surface area contributed by atoms with Crippen LogP contribution < -0.4 is 5.32 Å². The average Bonchev–Trinajstić information content (AvgIpc) is 2.37. The van der Waals surface area contributed by atoms with Gasteiger partial charge in [0.2, 0.25) is 5.91 Å². The van der Waals surface area contributed by atoms with Gasteiger partial charge in [-0.25, -0.2) is 0 Å². The zero-order valence-corrected chi connectivity index (χ0v) is 11.3. The molecule has 1 aromatic carbocycles. The van der Waals surface area contributed by atoms with Gasteiger partial charge in [-0.3, -0.25) is 9.59 Å². The molecule has 0 saturated carbocycles. The van der Waals surface area contributed by atoms with Crippen LogP contribution in [0.4, 0.5) is 0 Å². The molecule has 1 aromatic rings. The van der Waals surface area contributed by atoms with Crippen LogP contribution in [0.5, 0.6) is 0 Å². The number of aliphatic carboxylic acids is 1. The van der Waals surface area contributed by atoms with Crippen LogP contribution >= 0.6 is 0 Å². The predicted octanol–water partition coefficient (Wildman–Crippen LogP) is 2.30. The molecule has 2 N–H and O–H groups in total. The molecule has 0 aromatic heterocycles. The van der Waals surface area contributed by atoms with Crippen LogP contribution in [-0.4, -0.2) is 23.5 Å². The molecular weight excluding hydrogens is 242 g/mol. The molecule has 0 heterocycles. The zero-order valence-electron chi connectivity index (χ0n) is 11.3. The number of unbranched alkanes of at least 4 members (excludes halogenated alkanes) is 1. The van der Waals surface area contributed by atoms with Crippen molar-refractivity contribution >= 4 is 11.9 Å². The number of rotatable bonds is 8. The van der Waals surface area contributed by atoms with Crippen molar-refractivity contribution in [2.45, 2.75) is 39.0 Å².